The van der Waals surface area contributed by atoms with Crippen LogP contribution in [0.3, 0.4) is 0 Å². The average Bonchev–Trinajstić information content (AvgIpc) is 2.24. The van der Waals surface area contributed by atoms with E-state index in [1.54, 1.807) is 19.2 Å². The van der Waals surface area contributed by atoms with Gasteiger partial charge in [0.05, 0.1) is 7.11 Å². The van der Waals surface area contributed by atoms with E-state index >= 15 is 0 Å². The minimum atomic E-state index is -0.534. The van der Waals surface area contributed by atoms with Gasteiger partial charge in [0.15, 0.2) is 0 Å². The highest BCUT2D eigenvalue weighted by atomic mass is 16.6. The molecule has 1 aromatic rings. The molecule has 1 rings (SSSR count). The lowest BCUT2D eigenvalue weighted by Gasteiger charge is -2.23. The van der Waals surface area contributed by atoms with Crippen molar-refractivity contribution in [3.63, 3.8) is 0 Å². The van der Waals surface area contributed by atoms with E-state index in [2.05, 4.69) is 5.32 Å². The first kappa shape index (κ1) is 16.3. The minimum absolute atomic E-state index is 0.501. The number of hydrogen-bond donors (Lipinski definition) is 2. The number of nitrogens with two attached hydrogens (primary N) is 1. The van der Waals surface area contributed by atoms with Crippen molar-refractivity contribution in [2.75, 3.05) is 12.4 Å². The second-order valence-electron chi connectivity index (χ2n) is 6.26. The molecule has 0 aromatic heterocycles. The molecular weight excluding hydrogens is 256 g/mol. The lowest BCUT2D eigenvalue weighted by Crippen LogP contribution is -2.29. The number of carbonyl (C=O) groups is 1. The van der Waals surface area contributed by atoms with Gasteiger partial charge < -0.3 is 15.2 Å². The van der Waals surface area contributed by atoms with Crippen LogP contribution in [0.2, 0.25) is 0 Å². The number of ether oxygens (including phenoxy) is 2. The molecule has 3 N–H and O–H groups in total. The third-order valence-corrected chi connectivity index (χ3v) is 2.54. The molecule has 1 aromatic carbocycles. The van der Waals surface area contributed by atoms with Crippen molar-refractivity contribution < 1.29 is 14.3 Å². The number of benzene rings is 1. The van der Waals surface area contributed by atoms with Crippen molar-refractivity contribution in [3.8, 4) is 5.75 Å². The van der Waals surface area contributed by atoms with Crippen molar-refractivity contribution in [2.24, 2.45) is 5.73 Å². The smallest absolute Gasteiger partial charge is 0.412 e. The predicted molar refractivity (Wildman–Crippen MR) is 80.1 cm³/mol. The highest BCUT2D eigenvalue weighted by Crippen LogP contribution is 2.30. The van der Waals surface area contributed by atoms with Crippen molar-refractivity contribution in [3.05, 3.63) is 23.8 Å². The van der Waals surface area contributed by atoms with Crippen LogP contribution in [-0.4, -0.2) is 18.8 Å². The SMILES string of the molecule is COc1cc(NC(=O)OC(C)(C)C)ccc1C(C)(C)N. The van der Waals surface area contributed by atoms with Gasteiger partial charge in [-0.2, -0.15) is 0 Å². The van der Waals surface area contributed by atoms with Gasteiger partial charge in [0, 0.05) is 22.9 Å². The number of amides is 1. The van der Waals surface area contributed by atoms with Crippen LogP contribution in [0.1, 0.15) is 40.2 Å². The average molecular weight is 280 g/mol. The topological polar surface area (TPSA) is 73.6 Å². The van der Waals surface area contributed by atoms with Gasteiger partial charge in [-0.25, -0.2) is 4.79 Å². The first-order valence-electron chi connectivity index (χ1n) is 6.50. The summed E-state index contributed by atoms with van der Waals surface area (Å²) in [5.74, 6) is 0.631. The quantitative estimate of drug-likeness (QED) is 0.891. The van der Waals surface area contributed by atoms with Crippen LogP contribution in [0, 0.1) is 0 Å². The first-order valence-corrected chi connectivity index (χ1v) is 6.50. The molecule has 1 amide bonds. The number of rotatable bonds is 3. The monoisotopic (exact) mass is 280 g/mol. The molecule has 0 radical (unpaired) electrons. The van der Waals surface area contributed by atoms with Crippen LogP contribution in [0.15, 0.2) is 18.2 Å². The van der Waals surface area contributed by atoms with Gasteiger partial charge in [0.2, 0.25) is 0 Å². The van der Waals surface area contributed by atoms with Gasteiger partial charge in [-0.05, 0) is 40.7 Å². The van der Waals surface area contributed by atoms with Crippen LogP contribution in [0.4, 0.5) is 10.5 Å². The van der Waals surface area contributed by atoms with Gasteiger partial charge >= 0.3 is 6.09 Å². The largest absolute Gasteiger partial charge is 0.496 e. The van der Waals surface area contributed by atoms with Crippen LogP contribution < -0.4 is 15.8 Å². The summed E-state index contributed by atoms with van der Waals surface area (Å²) in [4.78, 5) is 11.7. The summed E-state index contributed by atoms with van der Waals surface area (Å²) in [6.07, 6.45) is -0.501. The second-order valence-corrected chi connectivity index (χ2v) is 6.26. The molecule has 0 spiro atoms. The van der Waals surface area contributed by atoms with Gasteiger partial charge in [0.25, 0.3) is 0 Å². The molecule has 0 heterocycles. The van der Waals surface area contributed by atoms with Crippen molar-refractivity contribution in [1.29, 1.82) is 0 Å². The third kappa shape index (κ3) is 4.74. The van der Waals surface area contributed by atoms with Gasteiger partial charge in [-0.3, -0.25) is 5.32 Å². The number of carbonyl (C=O) groups excluding carboxylic acids is 1. The molecular formula is C15H24N2O3. The Hall–Kier alpha value is -1.75. The fourth-order valence-electron chi connectivity index (χ4n) is 1.72. The lowest BCUT2D eigenvalue weighted by atomic mass is 9.94. The Morgan fingerprint density at radius 2 is 1.80 bits per heavy atom. The van der Waals surface area contributed by atoms with Crippen molar-refractivity contribution in [1.82, 2.24) is 0 Å². The van der Waals surface area contributed by atoms with E-state index in [9.17, 15) is 4.79 Å². The van der Waals surface area contributed by atoms with E-state index in [0.29, 0.717) is 11.4 Å². The number of nitrogens with one attached hydrogen (secondary N) is 1. The third-order valence-electron chi connectivity index (χ3n) is 2.54. The molecule has 0 atom stereocenters. The number of anilines is 1. The predicted octanol–water partition coefficient (Wildman–Crippen LogP) is 3.24. The standard InChI is InChI=1S/C15H24N2O3/c1-14(2,3)20-13(18)17-10-7-8-11(15(4,5)16)12(9-10)19-6/h7-9H,16H2,1-6H3,(H,17,18). The molecule has 0 aliphatic rings. The van der Waals surface area contributed by atoms with E-state index < -0.39 is 17.2 Å². The molecule has 0 unspecified atom stereocenters. The van der Waals surface area contributed by atoms with Crippen LogP contribution in [-0.2, 0) is 10.3 Å². The van der Waals surface area contributed by atoms with Crippen LogP contribution in [0.5, 0.6) is 5.75 Å². The zero-order chi connectivity index (χ0) is 15.6. The van der Waals surface area contributed by atoms with Gasteiger partial charge in [0.1, 0.15) is 11.4 Å². The molecule has 5 heteroatoms. The zero-order valence-electron chi connectivity index (χ0n) is 13.0. The summed E-state index contributed by atoms with van der Waals surface area (Å²) in [6, 6.07) is 5.34. The maximum Gasteiger partial charge on any atom is 0.412 e. The van der Waals surface area contributed by atoms with Gasteiger partial charge in [-0.15, -0.1) is 0 Å². The summed E-state index contributed by atoms with van der Waals surface area (Å²) in [7, 11) is 1.57. The van der Waals surface area contributed by atoms with E-state index in [1.165, 1.54) is 0 Å². The van der Waals surface area contributed by atoms with Crippen LogP contribution >= 0.6 is 0 Å². The van der Waals surface area contributed by atoms with Gasteiger partial charge in [-0.1, -0.05) is 6.07 Å². The fraction of sp³-hybridized carbons (Fsp3) is 0.533. The summed E-state index contributed by atoms with van der Waals surface area (Å²) in [5.41, 5.74) is 6.49. The summed E-state index contributed by atoms with van der Waals surface area (Å²) < 4.78 is 10.5. The summed E-state index contributed by atoms with van der Waals surface area (Å²) in [5, 5.41) is 2.67. The molecule has 0 saturated heterocycles. The Morgan fingerprint density at radius 3 is 2.25 bits per heavy atom. The molecule has 112 valence electrons. The molecule has 0 aliphatic carbocycles. The Kier molecular flexibility index (Phi) is 4.65. The van der Waals surface area contributed by atoms with Crippen LogP contribution in [0.25, 0.3) is 0 Å². The number of hydrogen-bond acceptors (Lipinski definition) is 4. The minimum Gasteiger partial charge on any atom is -0.496 e. The Labute approximate surface area is 120 Å². The maximum atomic E-state index is 11.7. The van der Waals surface area contributed by atoms with E-state index in [-0.39, 0.29) is 0 Å². The first-order chi connectivity index (χ1) is 9.03. The Balaban J connectivity index is 2.92. The molecule has 0 aliphatic heterocycles. The molecule has 20 heavy (non-hydrogen) atoms. The Bertz CT molecular complexity index is 485. The fourth-order valence-corrected chi connectivity index (χ4v) is 1.72. The number of methoxy groups -OCH3 is 1. The lowest BCUT2D eigenvalue weighted by molar-refractivity contribution is 0.0636. The molecule has 0 fully saturated rings. The summed E-state index contributed by atoms with van der Waals surface area (Å²) in [6.45, 7) is 9.23. The van der Waals surface area contributed by atoms with E-state index in [4.69, 9.17) is 15.2 Å². The highest BCUT2D eigenvalue weighted by molar-refractivity contribution is 5.85. The summed E-state index contributed by atoms with van der Waals surface area (Å²) >= 11 is 0. The zero-order valence-corrected chi connectivity index (χ0v) is 13.0. The van der Waals surface area contributed by atoms with Crippen molar-refractivity contribution >= 4 is 11.8 Å². The Morgan fingerprint density at radius 1 is 1.20 bits per heavy atom. The molecule has 0 bridgehead atoms. The second kappa shape index (κ2) is 5.71. The normalized spacial score (nSPS) is 11.9. The maximum absolute atomic E-state index is 11.7. The molecule has 0 saturated carbocycles. The van der Waals surface area contributed by atoms with E-state index in [0.717, 1.165) is 5.56 Å². The highest BCUT2D eigenvalue weighted by Gasteiger charge is 2.21. The molecule has 5 nitrogen and oxygen atoms in total. The van der Waals surface area contributed by atoms with Crippen molar-refractivity contribution in [2.45, 2.75) is 45.8 Å². The van der Waals surface area contributed by atoms with E-state index in [1.807, 2.05) is 40.7 Å².